The van der Waals surface area contributed by atoms with Gasteiger partial charge >= 0.3 is 0 Å². The molecule has 3 aromatic rings. The molecule has 1 aliphatic heterocycles. The van der Waals surface area contributed by atoms with Gasteiger partial charge in [-0.2, -0.15) is 0 Å². The van der Waals surface area contributed by atoms with Gasteiger partial charge in [0, 0.05) is 7.05 Å². The van der Waals surface area contributed by atoms with Gasteiger partial charge in [0.1, 0.15) is 18.6 Å². The summed E-state index contributed by atoms with van der Waals surface area (Å²) >= 11 is 0. The molecule has 0 saturated heterocycles. The molecule has 134 valence electrons. The number of rotatable bonds is 3. The van der Waals surface area contributed by atoms with E-state index in [0.717, 1.165) is 16.9 Å². The maximum atomic E-state index is 12.6. The molecule has 0 spiro atoms. The maximum absolute atomic E-state index is 12.6. The highest BCUT2D eigenvalue weighted by molar-refractivity contribution is 5.98. The normalized spacial score (nSPS) is 12.6. The van der Waals surface area contributed by atoms with Crippen molar-refractivity contribution in [3.8, 4) is 17.5 Å². The largest absolute Gasteiger partial charge is 0.364 e. The summed E-state index contributed by atoms with van der Waals surface area (Å²) in [6, 6.07) is 17.6. The predicted molar refractivity (Wildman–Crippen MR) is 102 cm³/mol. The molecule has 0 bridgehead atoms. The number of fused-ring (bicyclic) bond motifs is 3. The number of carbonyl (C=O) groups is 1. The lowest BCUT2D eigenvalue weighted by Gasteiger charge is -2.13. The molecule has 2 heterocycles. The summed E-state index contributed by atoms with van der Waals surface area (Å²) in [5.41, 5.74) is 4.21. The van der Waals surface area contributed by atoms with E-state index in [1.54, 1.807) is 18.3 Å². The lowest BCUT2D eigenvalue weighted by Crippen LogP contribution is -2.25. The minimum Gasteiger partial charge on any atom is -0.364 e. The summed E-state index contributed by atoms with van der Waals surface area (Å²) in [5.74, 6) is 6.11. The van der Waals surface area contributed by atoms with E-state index in [2.05, 4.69) is 16.8 Å². The smallest absolute Gasteiger partial charge is 0.256 e. The van der Waals surface area contributed by atoms with Crippen LogP contribution in [0, 0.1) is 11.8 Å². The molecule has 1 aliphatic rings. The Morgan fingerprint density at radius 2 is 1.89 bits per heavy atom. The Morgan fingerprint density at radius 3 is 2.74 bits per heavy atom. The molecule has 27 heavy (non-hydrogen) atoms. The monoisotopic (exact) mass is 357 g/mol. The number of aromatic nitrogens is 2. The van der Waals surface area contributed by atoms with Gasteiger partial charge in [0.15, 0.2) is 0 Å². The number of hydrogen-bond donors (Lipinski definition) is 0. The summed E-state index contributed by atoms with van der Waals surface area (Å²) in [7, 11) is 1.79. The lowest BCUT2D eigenvalue weighted by atomic mass is 10.1. The van der Waals surface area contributed by atoms with Gasteiger partial charge in [-0.05, 0) is 23.6 Å². The second-order valence-corrected chi connectivity index (χ2v) is 6.37. The van der Waals surface area contributed by atoms with Crippen molar-refractivity contribution in [3.05, 3.63) is 83.4 Å². The first-order chi connectivity index (χ1) is 13.2. The van der Waals surface area contributed by atoms with Crippen LogP contribution in [0.15, 0.2) is 60.9 Å². The van der Waals surface area contributed by atoms with Crippen LogP contribution in [0.3, 0.4) is 0 Å². The third kappa shape index (κ3) is 3.48. The second-order valence-electron chi connectivity index (χ2n) is 6.37. The van der Waals surface area contributed by atoms with Crippen LogP contribution in [0.25, 0.3) is 5.69 Å². The van der Waals surface area contributed by atoms with Crippen molar-refractivity contribution >= 4 is 5.91 Å². The average molecular weight is 357 g/mol. The van der Waals surface area contributed by atoms with E-state index < -0.39 is 0 Å². The van der Waals surface area contributed by atoms with Crippen LogP contribution in [0.1, 0.15) is 27.3 Å². The van der Waals surface area contributed by atoms with E-state index >= 15 is 0 Å². The first-order valence-corrected chi connectivity index (χ1v) is 8.75. The number of nitrogens with zero attached hydrogens (tertiary/aromatic N) is 3. The fraction of sp³-hybridized carbons (Fsp3) is 0.182. The predicted octanol–water partition coefficient (Wildman–Crippen LogP) is 3.03. The molecule has 1 amide bonds. The fourth-order valence-corrected chi connectivity index (χ4v) is 3.12. The molecule has 0 N–H and O–H groups in total. The quantitative estimate of drug-likeness (QED) is 0.535. The Hall–Kier alpha value is -3.36. The van der Waals surface area contributed by atoms with E-state index in [1.807, 2.05) is 59.2 Å². The van der Waals surface area contributed by atoms with E-state index in [0.29, 0.717) is 31.0 Å². The molecule has 2 aromatic carbocycles. The Kier molecular flexibility index (Phi) is 4.73. The molecular formula is C22H19N3O2. The fourth-order valence-electron chi connectivity index (χ4n) is 3.12. The first kappa shape index (κ1) is 17.1. The number of hydrogen-bond acceptors (Lipinski definition) is 3. The third-order valence-electron chi connectivity index (χ3n) is 4.49. The number of ether oxygens (including phenoxy) is 1. The highest BCUT2D eigenvalue weighted by atomic mass is 16.5. The highest BCUT2D eigenvalue weighted by Crippen LogP contribution is 2.24. The van der Waals surface area contributed by atoms with E-state index in [1.165, 1.54) is 0 Å². The van der Waals surface area contributed by atoms with Crippen molar-refractivity contribution in [3.63, 3.8) is 0 Å². The van der Waals surface area contributed by atoms with Crippen molar-refractivity contribution in [1.82, 2.24) is 14.5 Å². The second kappa shape index (κ2) is 7.48. The maximum Gasteiger partial charge on any atom is 0.256 e. The van der Waals surface area contributed by atoms with Gasteiger partial charge in [0.25, 0.3) is 5.91 Å². The molecule has 4 rings (SSSR count). The zero-order chi connectivity index (χ0) is 18.6. The van der Waals surface area contributed by atoms with Gasteiger partial charge in [0.05, 0.1) is 30.1 Å². The number of carbonyl (C=O) groups excluding carboxylic acids is 1. The molecule has 0 aliphatic carbocycles. The topological polar surface area (TPSA) is 47.4 Å². The van der Waals surface area contributed by atoms with Crippen LogP contribution in [0.5, 0.6) is 0 Å². The standard InChI is InChI=1S/C22H19N3O2/c1-24-14-21-19(11-7-13-27-15-17-8-3-2-4-9-17)23-16-25(21)20-12-6-5-10-18(20)22(24)26/h2-6,8-10,12,16H,13-15H2,1H3. The molecule has 0 radical (unpaired) electrons. The van der Waals surface area contributed by atoms with Crippen molar-refractivity contribution in [2.24, 2.45) is 0 Å². The SMILES string of the molecule is CN1Cc2c(C#CCOCc3ccccc3)ncn2-c2ccccc2C1=O. The zero-order valence-electron chi connectivity index (χ0n) is 15.1. The molecule has 5 heteroatoms. The minimum atomic E-state index is -0.000552. The number of para-hydroxylation sites is 1. The Balaban J connectivity index is 1.53. The highest BCUT2D eigenvalue weighted by Gasteiger charge is 2.25. The van der Waals surface area contributed by atoms with Gasteiger partial charge in [0.2, 0.25) is 0 Å². The van der Waals surface area contributed by atoms with Gasteiger partial charge in [-0.15, -0.1) is 0 Å². The molecule has 0 fully saturated rings. The van der Waals surface area contributed by atoms with Crippen LogP contribution in [-0.2, 0) is 17.9 Å². The van der Waals surface area contributed by atoms with E-state index in [-0.39, 0.29) is 5.91 Å². The number of amides is 1. The Bertz CT molecular complexity index is 1030. The Morgan fingerprint density at radius 1 is 1.11 bits per heavy atom. The molecule has 0 atom stereocenters. The Labute approximate surface area is 158 Å². The van der Waals surface area contributed by atoms with Crippen molar-refractivity contribution in [2.45, 2.75) is 13.2 Å². The lowest BCUT2D eigenvalue weighted by molar-refractivity contribution is 0.0788. The van der Waals surface area contributed by atoms with Gasteiger partial charge in [-0.1, -0.05) is 48.4 Å². The number of benzene rings is 2. The van der Waals surface area contributed by atoms with E-state index in [4.69, 9.17) is 4.74 Å². The van der Waals surface area contributed by atoms with Crippen LogP contribution in [0.4, 0.5) is 0 Å². The van der Waals surface area contributed by atoms with E-state index in [9.17, 15) is 4.79 Å². The molecule has 0 unspecified atom stereocenters. The summed E-state index contributed by atoms with van der Waals surface area (Å²) in [5, 5.41) is 0. The summed E-state index contributed by atoms with van der Waals surface area (Å²) in [6.45, 7) is 1.32. The summed E-state index contributed by atoms with van der Waals surface area (Å²) < 4.78 is 7.56. The van der Waals surface area contributed by atoms with Crippen molar-refractivity contribution in [1.29, 1.82) is 0 Å². The molecular weight excluding hydrogens is 338 g/mol. The molecule has 5 nitrogen and oxygen atoms in total. The van der Waals surface area contributed by atoms with Crippen molar-refractivity contribution in [2.75, 3.05) is 13.7 Å². The summed E-state index contributed by atoms with van der Waals surface area (Å²) in [6.07, 6.45) is 1.73. The van der Waals surface area contributed by atoms with Crippen LogP contribution in [0.2, 0.25) is 0 Å². The van der Waals surface area contributed by atoms with Gasteiger partial charge < -0.3 is 9.64 Å². The zero-order valence-corrected chi connectivity index (χ0v) is 15.1. The first-order valence-electron chi connectivity index (χ1n) is 8.75. The van der Waals surface area contributed by atoms with Crippen LogP contribution < -0.4 is 0 Å². The van der Waals surface area contributed by atoms with Gasteiger partial charge in [-0.25, -0.2) is 4.98 Å². The van der Waals surface area contributed by atoms with Crippen LogP contribution in [-0.4, -0.2) is 34.0 Å². The molecule has 0 saturated carbocycles. The molecule has 1 aromatic heterocycles. The van der Waals surface area contributed by atoms with Crippen molar-refractivity contribution < 1.29 is 9.53 Å². The third-order valence-corrected chi connectivity index (χ3v) is 4.49. The minimum absolute atomic E-state index is 0.000552. The summed E-state index contributed by atoms with van der Waals surface area (Å²) in [4.78, 5) is 18.7. The average Bonchev–Trinajstić information content (AvgIpc) is 3.05. The van der Waals surface area contributed by atoms with Crippen LogP contribution >= 0.6 is 0 Å². The van der Waals surface area contributed by atoms with Gasteiger partial charge in [-0.3, -0.25) is 9.36 Å². The number of imidazole rings is 1.